The number of nitrogens with two attached hydrogens (primary N) is 1. The SMILES string of the molecule is Cc1nnc(C(N)c2cccs2)n1C1CC1. The standard InChI is InChI=1S/C11H14N4S/c1-7-13-14-11(15(7)8-4-5-8)10(12)9-3-2-6-16-9/h2-3,6,8,10H,4-5,12H2,1H3. The molecule has 1 unspecified atom stereocenters. The lowest BCUT2D eigenvalue weighted by molar-refractivity contribution is 0.634. The average molecular weight is 234 g/mol. The van der Waals surface area contributed by atoms with Crippen LogP contribution in [0.15, 0.2) is 17.5 Å². The van der Waals surface area contributed by atoms with Crippen molar-refractivity contribution in [2.75, 3.05) is 0 Å². The summed E-state index contributed by atoms with van der Waals surface area (Å²) < 4.78 is 2.20. The lowest BCUT2D eigenvalue weighted by Gasteiger charge is -2.11. The Bertz CT molecular complexity index is 484. The van der Waals surface area contributed by atoms with E-state index in [0.29, 0.717) is 6.04 Å². The second-order valence-electron chi connectivity index (χ2n) is 4.20. The van der Waals surface area contributed by atoms with E-state index in [9.17, 15) is 0 Å². The molecule has 2 N–H and O–H groups in total. The Balaban J connectivity index is 1.99. The lowest BCUT2D eigenvalue weighted by Crippen LogP contribution is -2.17. The predicted octanol–water partition coefficient (Wildman–Crippen LogP) is 2.03. The second kappa shape index (κ2) is 3.68. The van der Waals surface area contributed by atoms with E-state index in [4.69, 9.17) is 5.73 Å². The molecule has 2 heterocycles. The van der Waals surface area contributed by atoms with Gasteiger partial charge in [-0.25, -0.2) is 0 Å². The molecule has 16 heavy (non-hydrogen) atoms. The maximum absolute atomic E-state index is 6.23. The first-order valence-electron chi connectivity index (χ1n) is 5.47. The highest BCUT2D eigenvalue weighted by atomic mass is 32.1. The largest absolute Gasteiger partial charge is 0.317 e. The normalized spacial score (nSPS) is 17.6. The van der Waals surface area contributed by atoms with Gasteiger partial charge >= 0.3 is 0 Å². The minimum atomic E-state index is -0.137. The van der Waals surface area contributed by atoms with E-state index in [1.54, 1.807) is 11.3 Å². The first-order chi connectivity index (χ1) is 7.77. The van der Waals surface area contributed by atoms with E-state index in [1.807, 2.05) is 18.4 Å². The summed E-state index contributed by atoms with van der Waals surface area (Å²) in [6, 6.07) is 4.51. The number of rotatable bonds is 3. The van der Waals surface area contributed by atoms with Gasteiger partial charge in [-0.3, -0.25) is 0 Å². The van der Waals surface area contributed by atoms with Gasteiger partial charge in [0.05, 0.1) is 0 Å². The Hall–Kier alpha value is -1.20. The van der Waals surface area contributed by atoms with Crippen LogP contribution in [0.3, 0.4) is 0 Å². The first-order valence-corrected chi connectivity index (χ1v) is 6.35. The Kier molecular flexibility index (Phi) is 2.29. The van der Waals surface area contributed by atoms with E-state index < -0.39 is 0 Å². The summed E-state index contributed by atoms with van der Waals surface area (Å²) in [7, 11) is 0. The minimum absolute atomic E-state index is 0.137. The Morgan fingerprint density at radius 3 is 2.94 bits per heavy atom. The molecule has 0 saturated heterocycles. The van der Waals surface area contributed by atoms with Gasteiger partial charge in [0, 0.05) is 10.9 Å². The number of aromatic nitrogens is 3. The molecule has 1 aliphatic carbocycles. The molecule has 4 nitrogen and oxygen atoms in total. The van der Waals surface area contributed by atoms with Gasteiger partial charge in [-0.1, -0.05) is 6.07 Å². The van der Waals surface area contributed by atoms with E-state index in [1.165, 1.54) is 12.8 Å². The monoisotopic (exact) mass is 234 g/mol. The van der Waals surface area contributed by atoms with Crippen molar-refractivity contribution in [2.45, 2.75) is 31.8 Å². The predicted molar refractivity (Wildman–Crippen MR) is 63.4 cm³/mol. The first kappa shape index (κ1) is 9.99. The quantitative estimate of drug-likeness (QED) is 0.884. The summed E-state index contributed by atoms with van der Waals surface area (Å²) in [5, 5.41) is 10.4. The fourth-order valence-corrected chi connectivity index (χ4v) is 2.70. The fraction of sp³-hybridized carbons (Fsp3) is 0.455. The van der Waals surface area contributed by atoms with Gasteiger partial charge in [-0.05, 0) is 31.2 Å². The Morgan fingerprint density at radius 1 is 1.50 bits per heavy atom. The number of nitrogens with zero attached hydrogens (tertiary/aromatic N) is 3. The Morgan fingerprint density at radius 2 is 2.31 bits per heavy atom. The van der Waals surface area contributed by atoms with Crippen LogP contribution in [0.4, 0.5) is 0 Å². The van der Waals surface area contributed by atoms with Gasteiger partial charge < -0.3 is 10.3 Å². The van der Waals surface area contributed by atoms with Gasteiger partial charge in [-0.2, -0.15) is 0 Å². The number of aryl methyl sites for hydroxylation is 1. The molecular weight excluding hydrogens is 220 g/mol. The molecule has 1 aliphatic rings. The van der Waals surface area contributed by atoms with Crippen molar-refractivity contribution in [2.24, 2.45) is 5.73 Å². The molecule has 0 bridgehead atoms. The molecule has 1 atom stereocenters. The molecule has 2 aromatic heterocycles. The zero-order chi connectivity index (χ0) is 11.1. The summed E-state index contributed by atoms with van der Waals surface area (Å²) in [6.45, 7) is 2.00. The van der Waals surface area contributed by atoms with Crippen LogP contribution in [0.5, 0.6) is 0 Å². The molecule has 1 fully saturated rings. The summed E-state index contributed by atoms with van der Waals surface area (Å²) in [5.41, 5.74) is 6.23. The van der Waals surface area contributed by atoms with Crippen LogP contribution < -0.4 is 5.73 Å². The smallest absolute Gasteiger partial charge is 0.155 e. The number of hydrogen-bond acceptors (Lipinski definition) is 4. The third kappa shape index (κ3) is 1.56. The molecule has 0 aromatic carbocycles. The lowest BCUT2D eigenvalue weighted by atomic mass is 10.2. The van der Waals surface area contributed by atoms with E-state index >= 15 is 0 Å². The number of thiophene rings is 1. The van der Waals surface area contributed by atoms with Crippen molar-refractivity contribution in [3.63, 3.8) is 0 Å². The third-order valence-electron chi connectivity index (χ3n) is 2.93. The van der Waals surface area contributed by atoms with Crippen LogP contribution in [-0.4, -0.2) is 14.8 Å². The minimum Gasteiger partial charge on any atom is -0.317 e. The van der Waals surface area contributed by atoms with Crippen LogP contribution >= 0.6 is 11.3 Å². The topological polar surface area (TPSA) is 56.7 Å². The van der Waals surface area contributed by atoms with Crippen LogP contribution in [0, 0.1) is 6.92 Å². The Labute approximate surface area is 98.1 Å². The van der Waals surface area contributed by atoms with Crippen molar-refractivity contribution in [3.8, 4) is 0 Å². The van der Waals surface area contributed by atoms with Crippen molar-refractivity contribution in [1.82, 2.24) is 14.8 Å². The van der Waals surface area contributed by atoms with Crippen molar-refractivity contribution in [3.05, 3.63) is 34.0 Å². The van der Waals surface area contributed by atoms with Crippen LogP contribution in [0.1, 0.15) is 41.5 Å². The van der Waals surface area contributed by atoms with Crippen molar-refractivity contribution >= 4 is 11.3 Å². The van der Waals surface area contributed by atoms with Crippen molar-refractivity contribution < 1.29 is 0 Å². The zero-order valence-electron chi connectivity index (χ0n) is 9.13. The van der Waals surface area contributed by atoms with E-state index in [0.717, 1.165) is 16.5 Å². The van der Waals surface area contributed by atoms with Crippen LogP contribution in [0.25, 0.3) is 0 Å². The fourth-order valence-electron chi connectivity index (χ4n) is 1.98. The molecule has 0 aliphatic heterocycles. The molecule has 5 heteroatoms. The summed E-state index contributed by atoms with van der Waals surface area (Å²) in [6.07, 6.45) is 2.45. The molecule has 0 radical (unpaired) electrons. The van der Waals surface area contributed by atoms with Crippen LogP contribution in [-0.2, 0) is 0 Å². The van der Waals surface area contributed by atoms with Gasteiger partial charge in [-0.15, -0.1) is 21.5 Å². The van der Waals surface area contributed by atoms with E-state index in [2.05, 4.69) is 20.8 Å². The zero-order valence-corrected chi connectivity index (χ0v) is 9.94. The van der Waals surface area contributed by atoms with E-state index in [-0.39, 0.29) is 6.04 Å². The van der Waals surface area contributed by atoms with Gasteiger partial charge in [0.1, 0.15) is 11.9 Å². The number of hydrogen-bond donors (Lipinski definition) is 1. The third-order valence-corrected chi connectivity index (χ3v) is 3.89. The highest BCUT2D eigenvalue weighted by molar-refractivity contribution is 7.10. The molecule has 3 rings (SSSR count). The molecular formula is C11H14N4S. The summed E-state index contributed by atoms with van der Waals surface area (Å²) in [5.74, 6) is 1.88. The molecule has 1 saturated carbocycles. The van der Waals surface area contributed by atoms with Gasteiger partial charge in [0.2, 0.25) is 0 Å². The van der Waals surface area contributed by atoms with Gasteiger partial charge in [0.25, 0.3) is 0 Å². The summed E-state index contributed by atoms with van der Waals surface area (Å²) >= 11 is 1.67. The molecule has 2 aromatic rings. The van der Waals surface area contributed by atoms with Crippen LogP contribution in [0.2, 0.25) is 0 Å². The highest BCUT2D eigenvalue weighted by Gasteiger charge is 2.30. The van der Waals surface area contributed by atoms with Gasteiger partial charge in [0.15, 0.2) is 5.82 Å². The average Bonchev–Trinajstić information content (AvgIpc) is 2.82. The molecule has 0 amide bonds. The maximum Gasteiger partial charge on any atom is 0.155 e. The second-order valence-corrected chi connectivity index (χ2v) is 5.18. The molecule has 0 spiro atoms. The summed E-state index contributed by atoms with van der Waals surface area (Å²) in [4.78, 5) is 1.15. The van der Waals surface area contributed by atoms with Crippen molar-refractivity contribution in [1.29, 1.82) is 0 Å². The highest BCUT2D eigenvalue weighted by Crippen LogP contribution is 2.38. The molecule has 84 valence electrons. The maximum atomic E-state index is 6.23.